The van der Waals surface area contributed by atoms with Crippen molar-refractivity contribution in [3.63, 3.8) is 0 Å². The standard InChI is InChI=1S/C20H16S/c1-13-7-8-16(11-14(13)2)20-17-6-4-3-5-15(17)12-19-18(20)9-10-21-19/h3-12H,1-2H3. The van der Waals surface area contributed by atoms with Gasteiger partial charge in [0.2, 0.25) is 0 Å². The Morgan fingerprint density at radius 1 is 0.762 bits per heavy atom. The average molecular weight is 288 g/mol. The van der Waals surface area contributed by atoms with E-state index in [2.05, 4.69) is 73.8 Å². The van der Waals surface area contributed by atoms with Crippen molar-refractivity contribution in [1.29, 1.82) is 0 Å². The molecule has 1 heterocycles. The van der Waals surface area contributed by atoms with Gasteiger partial charge >= 0.3 is 0 Å². The van der Waals surface area contributed by atoms with E-state index < -0.39 is 0 Å². The Kier molecular flexibility index (Phi) is 2.83. The number of aryl methyl sites for hydroxylation is 2. The highest BCUT2D eigenvalue weighted by Crippen LogP contribution is 2.38. The van der Waals surface area contributed by atoms with Crippen molar-refractivity contribution in [1.82, 2.24) is 0 Å². The van der Waals surface area contributed by atoms with E-state index in [0.29, 0.717) is 0 Å². The molecule has 1 aromatic heterocycles. The number of hydrogen-bond donors (Lipinski definition) is 0. The molecule has 0 spiro atoms. The van der Waals surface area contributed by atoms with Crippen molar-refractivity contribution in [3.8, 4) is 11.1 Å². The zero-order chi connectivity index (χ0) is 14.4. The summed E-state index contributed by atoms with van der Waals surface area (Å²) in [6.45, 7) is 4.36. The van der Waals surface area contributed by atoms with Gasteiger partial charge in [0, 0.05) is 10.1 Å². The van der Waals surface area contributed by atoms with Crippen molar-refractivity contribution in [2.45, 2.75) is 13.8 Å². The van der Waals surface area contributed by atoms with Crippen LogP contribution in [-0.2, 0) is 0 Å². The molecule has 0 aliphatic heterocycles. The minimum absolute atomic E-state index is 1.32. The largest absolute Gasteiger partial charge is 0.144 e. The summed E-state index contributed by atoms with van der Waals surface area (Å²) in [5, 5.41) is 6.21. The molecule has 0 atom stereocenters. The van der Waals surface area contributed by atoms with E-state index in [-0.39, 0.29) is 0 Å². The lowest BCUT2D eigenvalue weighted by Gasteiger charge is -2.11. The van der Waals surface area contributed by atoms with Gasteiger partial charge in [0.05, 0.1) is 0 Å². The highest BCUT2D eigenvalue weighted by molar-refractivity contribution is 7.17. The van der Waals surface area contributed by atoms with Gasteiger partial charge in [-0.25, -0.2) is 0 Å². The Labute approximate surface area is 128 Å². The lowest BCUT2D eigenvalue weighted by atomic mass is 9.93. The van der Waals surface area contributed by atoms with Crippen LogP contribution in [0.25, 0.3) is 32.0 Å². The molecular formula is C20H16S. The van der Waals surface area contributed by atoms with Crippen LogP contribution in [-0.4, -0.2) is 0 Å². The third kappa shape index (κ3) is 1.97. The molecule has 0 N–H and O–H groups in total. The predicted molar refractivity (Wildman–Crippen MR) is 94.2 cm³/mol. The molecule has 0 aliphatic carbocycles. The molecule has 1 heteroatoms. The number of thiophene rings is 1. The molecule has 0 saturated carbocycles. The van der Waals surface area contributed by atoms with Gasteiger partial charge in [-0.2, -0.15) is 0 Å². The minimum Gasteiger partial charge on any atom is -0.144 e. The van der Waals surface area contributed by atoms with Gasteiger partial charge in [-0.3, -0.25) is 0 Å². The van der Waals surface area contributed by atoms with E-state index in [9.17, 15) is 0 Å². The zero-order valence-electron chi connectivity index (χ0n) is 12.2. The molecule has 102 valence electrons. The number of fused-ring (bicyclic) bond motifs is 2. The van der Waals surface area contributed by atoms with Crippen LogP contribution in [0.3, 0.4) is 0 Å². The normalized spacial score (nSPS) is 11.3. The topological polar surface area (TPSA) is 0 Å². The monoisotopic (exact) mass is 288 g/mol. The fourth-order valence-electron chi connectivity index (χ4n) is 2.98. The molecule has 0 fully saturated rings. The molecule has 0 aliphatic rings. The SMILES string of the molecule is Cc1ccc(-c2c3ccccc3cc3sccc23)cc1C. The Morgan fingerprint density at radius 3 is 2.48 bits per heavy atom. The van der Waals surface area contributed by atoms with E-state index in [4.69, 9.17) is 0 Å². The van der Waals surface area contributed by atoms with Crippen molar-refractivity contribution < 1.29 is 0 Å². The Bertz CT molecular complexity index is 960. The van der Waals surface area contributed by atoms with Gasteiger partial charge < -0.3 is 0 Å². The highest BCUT2D eigenvalue weighted by Gasteiger charge is 2.11. The highest BCUT2D eigenvalue weighted by atomic mass is 32.1. The fraction of sp³-hybridized carbons (Fsp3) is 0.100. The molecule has 0 unspecified atom stereocenters. The molecular weight excluding hydrogens is 272 g/mol. The summed E-state index contributed by atoms with van der Waals surface area (Å²) in [5.74, 6) is 0. The van der Waals surface area contributed by atoms with Crippen LogP contribution in [0.1, 0.15) is 11.1 Å². The van der Waals surface area contributed by atoms with Gasteiger partial charge in [-0.15, -0.1) is 11.3 Å². The first-order valence-electron chi connectivity index (χ1n) is 7.20. The lowest BCUT2D eigenvalue weighted by Crippen LogP contribution is -1.86. The lowest BCUT2D eigenvalue weighted by molar-refractivity contribution is 1.34. The first-order chi connectivity index (χ1) is 10.2. The van der Waals surface area contributed by atoms with Crippen LogP contribution in [0, 0.1) is 13.8 Å². The van der Waals surface area contributed by atoms with Gasteiger partial charge in [0.15, 0.2) is 0 Å². The Hall–Kier alpha value is -2.12. The van der Waals surface area contributed by atoms with Crippen LogP contribution in [0.15, 0.2) is 60.0 Å². The molecule has 0 saturated heterocycles. The van der Waals surface area contributed by atoms with Crippen molar-refractivity contribution >= 4 is 32.2 Å². The maximum absolute atomic E-state index is 2.31. The van der Waals surface area contributed by atoms with Crippen LogP contribution >= 0.6 is 11.3 Å². The summed E-state index contributed by atoms with van der Waals surface area (Å²) >= 11 is 1.82. The minimum atomic E-state index is 1.32. The Balaban J connectivity index is 2.17. The van der Waals surface area contributed by atoms with Crippen molar-refractivity contribution in [3.05, 3.63) is 71.1 Å². The average Bonchev–Trinajstić information content (AvgIpc) is 2.95. The summed E-state index contributed by atoms with van der Waals surface area (Å²) in [5.41, 5.74) is 5.38. The molecule has 0 amide bonds. The van der Waals surface area contributed by atoms with E-state index in [1.54, 1.807) is 0 Å². The maximum atomic E-state index is 2.31. The van der Waals surface area contributed by atoms with Gasteiger partial charge in [0.1, 0.15) is 0 Å². The van der Waals surface area contributed by atoms with E-state index in [1.807, 2.05) is 11.3 Å². The Morgan fingerprint density at radius 2 is 1.62 bits per heavy atom. The molecule has 4 aromatic rings. The van der Waals surface area contributed by atoms with Crippen LogP contribution < -0.4 is 0 Å². The van der Waals surface area contributed by atoms with Crippen LogP contribution in [0.4, 0.5) is 0 Å². The van der Waals surface area contributed by atoms with Gasteiger partial charge in [-0.05, 0) is 64.4 Å². The van der Waals surface area contributed by atoms with Gasteiger partial charge in [-0.1, -0.05) is 42.5 Å². The third-order valence-electron chi connectivity index (χ3n) is 4.28. The molecule has 4 rings (SSSR count). The summed E-state index contributed by atoms with van der Waals surface area (Å²) < 4.78 is 1.36. The van der Waals surface area contributed by atoms with Crippen molar-refractivity contribution in [2.24, 2.45) is 0 Å². The zero-order valence-corrected chi connectivity index (χ0v) is 13.0. The number of benzene rings is 3. The molecule has 0 bridgehead atoms. The van der Waals surface area contributed by atoms with E-state index in [0.717, 1.165) is 0 Å². The first kappa shape index (κ1) is 12.6. The van der Waals surface area contributed by atoms with E-state index >= 15 is 0 Å². The first-order valence-corrected chi connectivity index (χ1v) is 8.08. The maximum Gasteiger partial charge on any atom is 0.0355 e. The predicted octanol–water partition coefficient (Wildman–Crippen LogP) is 6.34. The number of rotatable bonds is 1. The van der Waals surface area contributed by atoms with E-state index in [1.165, 1.54) is 43.1 Å². The second kappa shape index (κ2) is 4.71. The molecule has 21 heavy (non-hydrogen) atoms. The molecule has 0 nitrogen and oxygen atoms in total. The second-order valence-corrected chi connectivity index (χ2v) is 6.55. The quantitative estimate of drug-likeness (QED) is 0.383. The summed E-state index contributed by atoms with van der Waals surface area (Å²) in [6.07, 6.45) is 0. The van der Waals surface area contributed by atoms with Crippen molar-refractivity contribution in [2.75, 3.05) is 0 Å². The molecule has 0 radical (unpaired) electrons. The van der Waals surface area contributed by atoms with Gasteiger partial charge in [0.25, 0.3) is 0 Å². The third-order valence-corrected chi connectivity index (χ3v) is 5.14. The number of hydrogen-bond acceptors (Lipinski definition) is 1. The second-order valence-electron chi connectivity index (χ2n) is 5.60. The van der Waals surface area contributed by atoms with Crippen LogP contribution in [0.2, 0.25) is 0 Å². The molecule has 3 aromatic carbocycles. The summed E-state index contributed by atoms with van der Waals surface area (Å²) in [6, 6.07) is 20.0. The fourth-order valence-corrected chi connectivity index (χ4v) is 3.83. The van der Waals surface area contributed by atoms with Crippen LogP contribution in [0.5, 0.6) is 0 Å². The smallest absolute Gasteiger partial charge is 0.0355 e. The summed E-state index contributed by atoms with van der Waals surface area (Å²) in [4.78, 5) is 0. The summed E-state index contributed by atoms with van der Waals surface area (Å²) in [7, 11) is 0.